The van der Waals surface area contributed by atoms with E-state index < -0.39 is 5.97 Å². The molecule has 1 heterocycles. The van der Waals surface area contributed by atoms with Gasteiger partial charge in [0.05, 0.1) is 6.42 Å². The predicted molar refractivity (Wildman–Crippen MR) is 64.8 cm³/mol. The van der Waals surface area contributed by atoms with E-state index in [0.717, 1.165) is 0 Å². The molecule has 94 valence electrons. The van der Waals surface area contributed by atoms with Gasteiger partial charge in [-0.15, -0.1) is 0 Å². The minimum atomic E-state index is -0.860. The maximum absolute atomic E-state index is 10.3. The second-order valence-electron chi connectivity index (χ2n) is 3.01. The van der Waals surface area contributed by atoms with E-state index in [0.29, 0.717) is 29.9 Å². The second-order valence-corrected chi connectivity index (χ2v) is 4.07. The molecule has 0 saturated heterocycles. The van der Waals surface area contributed by atoms with Crippen LogP contribution in [0.2, 0.25) is 0 Å². The van der Waals surface area contributed by atoms with E-state index in [1.807, 2.05) is 0 Å². The topological polar surface area (TPSA) is 140 Å². The van der Waals surface area contributed by atoms with E-state index in [1.54, 1.807) is 0 Å². The van der Waals surface area contributed by atoms with Gasteiger partial charge in [-0.2, -0.15) is 15.0 Å². The summed E-state index contributed by atoms with van der Waals surface area (Å²) in [7, 11) is 0. The zero-order valence-corrected chi connectivity index (χ0v) is 9.90. The molecule has 0 fully saturated rings. The fraction of sp³-hybridized carbons (Fsp3) is 0.500. The average Bonchev–Trinajstić information content (AvgIpc) is 2.25. The van der Waals surface area contributed by atoms with Gasteiger partial charge in [0, 0.05) is 18.8 Å². The highest BCUT2D eigenvalue weighted by molar-refractivity contribution is 7.99. The molecule has 0 atom stereocenters. The molecule has 0 bridgehead atoms. The van der Waals surface area contributed by atoms with Crippen LogP contribution in [0.1, 0.15) is 6.42 Å². The van der Waals surface area contributed by atoms with Crippen molar-refractivity contribution in [2.75, 3.05) is 29.9 Å². The largest absolute Gasteiger partial charge is 0.481 e. The van der Waals surface area contributed by atoms with Crippen LogP contribution in [0.3, 0.4) is 0 Å². The Morgan fingerprint density at radius 2 is 2.18 bits per heavy atom. The molecule has 0 aliphatic heterocycles. The van der Waals surface area contributed by atoms with E-state index in [9.17, 15) is 4.79 Å². The molecule has 8 nitrogen and oxygen atoms in total. The van der Waals surface area contributed by atoms with E-state index in [1.165, 1.54) is 11.8 Å². The summed E-state index contributed by atoms with van der Waals surface area (Å²) in [5.74, 6) is -0.0334. The van der Waals surface area contributed by atoms with Crippen molar-refractivity contribution >= 4 is 29.6 Å². The Labute approximate surface area is 102 Å². The SMILES string of the molecule is NCCNc1nc(N)nc(SCCC(=O)O)n1. The number of aliphatic carboxylic acids is 1. The molecule has 1 aromatic heterocycles. The summed E-state index contributed by atoms with van der Waals surface area (Å²) in [6.45, 7) is 0.982. The van der Waals surface area contributed by atoms with Crippen LogP contribution in [0, 0.1) is 0 Å². The number of carboxylic acids is 1. The van der Waals surface area contributed by atoms with Crippen molar-refractivity contribution in [2.45, 2.75) is 11.6 Å². The normalized spacial score (nSPS) is 10.2. The standard InChI is InChI=1S/C8H14N6O2S/c9-2-3-11-7-12-6(10)13-8(14-7)17-4-1-5(15)16/h1-4,9H2,(H,15,16)(H3,10,11,12,13,14). The number of nitrogens with one attached hydrogen (secondary N) is 1. The van der Waals surface area contributed by atoms with E-state index in [-0.39, 0.29) is 12.4 Å². The summed E-state index contributed by atoms with van der Waals surface area (Å²) in [6.07, 6.45) is 0.0435. The van der Waals surface area contributed by atoms with Gasteiger partial charge in [-0.1, -0.05) is 11.8 Å². The predicted octanol–water partition coefficient (Wildman–Crippen LogP) is -0.609. The van der Waals surface area contributed by atoms with Crippen LogP contribution in [-0.2, 0) is 4.79 Å². The number of nitrogens with two attached hydrogens (primary N) is 2. The molecule has 0 unspecified atom stereocenters. The molecule has 17 heavy (non-hydrogen) atoms. The summed E-state index contributed by atoms with van der Waals surface area (Å²) < 4.78 is 0. The van der Waals surface area contributed by atoms with Gasteiger partial charge in [0.15, 0.2) is 5.16 Å². The number of thioether (sulfide) groups is 1. The number of nitrogen functional groups attached to an aromatic ring is 1. The third-order valence-electron chi connectivity index (χ3n) is 1.61. The first-order valence-electron chi connectivity index (χ1n) is 4.92. The molecular formula is C8H14N6O2S. The first kappa shape index (κ1) is 13.5. The highest BCUT2D eigenvalue weighted by atomic mass is 32.2. The lowest BCUT2D eigenvalue weighted by Crippen LogP contribution is -2.16. The zero-order valence-electron chi connectivity index (χ0n) is 9.09. The Hall–Kier alpha value is -1.61. The molecule has 0 saturated carbocycles. The van der Waals surface area contributed by atoms with Crippen molar-refractivity contribution in [1.82, 2.24) is 15.0 Å². The molecule has 1 aromatic rings. The van der Waals surface area contributed by atoms with E-state index in [2.05, 4.69) is 20.3 Å². The molecular weight excluding hydrogens is 244 g/mol. The Bertz CT molecular complexity index is 388. The lowest BCUT2D eigenvalue weighted by Gasteiger charge is -2.05. The van der Waals surface area contributed by atoms with Crippen molar-refractivity contribution in [3.05, 3.63) is 0 Å². The highest BCUT2D eigenvalue weighted by Crippen LogP contribution is 2.16. The average molecular weight is 258 g/mol. The summed E-state index contributed by atoms with van der Waals surface area (Å²) in [5, 5.41) is 11.8. The van der Waals surface area contributed by atoms with Gasteiger partial charge in [-0.3, -0.25) is 4.79 Å². The number of nitrogens with zero attached hydrogens (tertiary/aromatic N) is 3. The van der Waals surface area contributed by atoms with E-state index in [4.69, 9.17) is 16.6 Å². The van der Waals surface area contributed by atoms with Gasteiger partial charge in [0.25, 0.3) is 0 Å². The van der Waals surface area contributed by atoms with Crippen LogP contribution in [0.5, 0.6) is 0 Å². The van der Waals surface area contributed by atoms with Gasteiger partial charge < -0.3 is 21.9 Å². The van der Waals surface area contributed by atoms with Crippen LogP contribution in [0.15, 0.2) is 5.16 Å². The van der Waals surface area contributed by atoms with Gasteiger partial charge in [-0.05, 0) is 0 Å². The number of hydrogen-bond donors (Lipinski definition) is 4. The lowest BCUT2D eigenvalue weighted by atomic mass is 10.5. The van der Waals surface area contributed by atoms with Gasteiger partial charge in [-0.25, -0.2) is 0 Å². The van der Waals surface area contributed by atoms with Crippen LogP contribution in [-0.4, -0.2) is 44.9 Å². The quantitative estimate of drug-likeness (QED) is 0.471. The molecule has 0 spiro atoms. The highest BCUT2D eigenvalue weighted by Gasteiger charge is 2.05. The van der Waals surface area contributed by atoms with E-state index >= 15 is 0 Å². The first-order chi connectivity index (χ1) is 8.11. The van der Waals surface area contributed by atoms with Crippen LogP contribution in [0.4, 0.5) is 11.9 Å². The Morgan fingerprint density at radius 3 is 2.82 bits per heavy atom. The lowest BCUT2D eigenvalue weighted by molar-refractivity contribution is -0.136. The number of aromatic nitrogens is 3. The number of anilines is 2. The Balaban J connectivity index is 2.58. The minimum absolute atomic E-state index is 0.0435. The molecule has 9 heteroatoms. The molecule has 0 amide bonds. The van der Waals surface area contributed by atoms with Crippen molar-refractivity contribution in [3.63, 3.8) is 0 Å². The van der Waals surface area contributed by atoms with Crippen LogP contribution < -0.4 is 16.8 Å². The van der Waals surface area contributed by atoms with Crippen LogP contribution in [0.25, 0.3) is 0 Å². The Morgan fingerprint density at radius 1 is 1.41 bits per heavy atom. The summed E-state index contributed by atoms with van der Waals surface area (Å²) >= 11 is 1.22. The summed E-state index contributed by atoms with van der Waals surface area (Å²) in [6, 6.07) is 0. The maximum atomic E-state index is 10.3. The molecule has 6 N–H and O–H groups in total. The van der Waals surface area contributed by atoms with Gasteiger partial charge in [0.1, 0.15) is 0 Å². The fourth-order valence-electron chi connectivity index (χ4n) is 0.929. The van der Waals surface area contributed by atoms with Crippen molar-refractivity contribution in [1.29, 1.82) is 0 Å². The first-order valence-corrected chi connectivity index (χ1v) is 5.90. The second kappa shape index (κ2) is 6.86. The summed E-state index contributed by atoms with van der Waals surface area (Å²) in [4.78, 5) is 22.2. The minimum Gasteiger partial charge on any atom is -0.481 e. The molecule has 0 aromatic carbocycles. The number of rotatable bonds is 7. The maximum Gasteiger partial charge on any atom is 0.304 e. The third-order valence-corrected chi connectivity index (χ3v) is 2.46. The Kier molecular flexibility index (Phi) is 5.43. The monoisotopic (exact) mass is 258 g/mol. The number of hydrogen-bond acceptors (Lipinski definition) is 8. The molecule has 0 radical (unpaired) electrons. The zero-order chi connectivity index (χ0) is 12.7. The van der Waals surface area contributed by atoms with Crippen molar-refractivity contribution in [2.24, 2.45) is 5.73 Å². The number of carboxylic acid groups (broad SMARTS) is 1. The van der Waals surface area contributed by atoms with Crippen LogP contribution >= 0.6 is 11.8 Å². The molecule has 1 rings (SSSR count). The molecule has 0 aliphatic carbocycles. The smallest absolute Gasteiger partial charge is 0.304 e. The fourth-order valence-corrected chi connectivity index (χ4v) is 1.70. The summed E-state index contributed by atoms with van der Waals surface area (Å²) in [5.41, 5.74) is 10.8. The van der Waals surface area contributed by atoms with Crippen molar-refractivity contribution in [3.8, 4) is 0 Å². The third kappa shape index (κ3) is 5.31. The number of carbonyl (C=O) groups is 1. The molecule has 0 aliphatic rings. The van der Waals surface area contributed by atoms with Gasteiger partial charge in [0.2, 0.25) is 11.9 Å². The van der Waals surface area contributed by atoms with Crippen molar-refractivity contribution < 1.29 is 9.90 Å². The van der Waals surface area contributed by atoms with Gasteiger partial charge >= 0.3 is 5.97 Å².